The number of amides is 2. The van der Waals surface area contributed by atoms with Gasteiger partial charge in [0.05, 0.1) is 5.69 Å². The summed E-state index contributed by atoms with van der Waals surface area (Å²) in [5.74, 6) is -2.01. The largest absolute Gasteiger partial charge is 0.480 e. The maximum absolute atomic E-state index is 12.7. The average molecular weight is 537 g/mol. The van der Waals surface area contributed by atoms with Crippen LogP contribution >= 0.6 is 15.9 Å². The normalized spacial score (nSPS) is 13.0. The van der Waals surface area contributed by atoms with Crippen molar-refractivity contribution in [1.29, 1.82) is 0 Å². The minimum atomic E-state index is -1.11. The van der Waals surface area contributed by atoms with E-state index in [0.717, 1.165) is 22.3 Å². The summed E-state index contributed by atoms with van der Waals surface area (Å²) in [7, 11) is 0. The summed E-state index contributed by atoms with van der Waals surface area (Å²) in [5.41, 5.74) is 5.05. The van der Waals surface area contributed by atoms with Crippen molar-refractivity contribution < 1.29 is 24.2 Å². The number of benzene rings is 3. The lowest BCUT2D eigenvalue weighted by Gasteiger charge is -2.18. The highest BCUT2D eigenvalue weighted by molar-refractivity contribution is 9.10. The minimum absolute atomic E-state index is 0.0716. The molecule has 0 fully saturated rings. The fourth-order valence-electron chi connectivity index (χ4n) is 4.24. The fourth-order valence-corrected chi connectivity index (χ4v) is 4.59. The van der Waals surface area contributed by atoms with Gasteiger partial charge in [0.1, 0.15) is 12.6 Å². The summed E-state index contributed by atoms with van der Waals surface area (Å²) in [6.45, 7) is 3.59. The number of halogens is 1. The third-order valence-corrected chi connectivity index (χ3v) is 6.72. The standard InChI is InChI=1S/C27H25BrN2O5/c1-15(2)24(26(32)33)30-25(31)16-11-12-22(28)23(13-16)29-27(34)35-14-21-19-9-5-3-7-17(19)18-8-4-6-10-20(18)21/h3-13,15,21,24H,14H2,1-2H3,(H,29,34)(H,30,31)(H,32,33). The van der Waals surface area contributed by atoms with Crippen LogP contribution in [0.1, 0.15) is 41.3 Å². The molecule has 0 bridgehead atoms. The van der Waals surface area contributed by atoms with Crippen molar-refractivity contribution >= 4 is 39.6 Å². The number of hydrogen-bond donors (Lipinski definition) is 3. The molecule has 2 amide bonds. The molecule has 8 heteroatoms. The number of fused-ring (bicyclic) bond motifs is 3. The Hall–Kier alpha value is -3.65. The van der Waals surface area contributed by atoms with Crippen molar-refractivity contribution in [2.24, 2.45) is 5.92 Å². The average Bonchev–Trinajstić information content (AvgIpc) is 3.15. The van der Waals surface area contributed by atoms with Gasteiger partial charge in [0, 0.05) is 16.0 Å². The number of rotatable bonds is 7. The second-order valence-electron chi connectivity index (χ2n) is 8.68. The molecule has 1 aliphatic carbocycles. The number of nitrogens with one attached hydrogen (secondary N) is 2. The predicted molar refractivity (Wildman–Crippen MR) is 137 cm³/mol. The van der Waals surface area contributed by atoms with Gasteiger partial charge >= 0.3 is 12.1 Å². The van der Waals surface area contributed by atoms with E-state index in [4.69, 9.17) is 4.74 Å². The van der Waals surface area contributed by atoms with Gasteiger partial charge in [-0.1, -0.05) is 62.4 Å². The van der Waals surface area contributed by atoms with Gasteiger partial charge < -0.3 is 15.2 Å². The van der Waals surface area contributed by atoms with Gasteiger partial charge in [-0.2, -0.15) is 0 Å². The molecule has 180 valence electrons. The van der Waals surface area contributed by atoms with E-state index in [1.54, 1.807) is 26.0 Å². The van der Waals surface area contributed by atoms with Gasteiger partial charge in [-0.25, -0.2) is 9.59 Å². The van der Waals surface area contributed by atoms with Crippen LogP contribution in [-0.4, -0.2) is 35.7 Å². The summed E-state index contributed by atoms with van der Waals surface area (Å²) in [4.78, 5) is 36.7. The molecule has 4 rings (SSSR count). The quantitative estimate of drug-likeness (QED) is 0.362. The number of carboxylic acids is 1. The Labute approximate surface area is 211 Å². The lowest BCUT2D eigenvalue weighted by Crippen LogP contribution is -2.44. The Morgan fingerprint density at radius 3 is 2.14 bits per heavy atom. The molecule has 3 aromatic carbocycles. The molecule has 3 aromatic rings. The molecule has 1 aliphatic rings. The third kappa shape index (κ3) is 5.22. The molecule has 0 radical (unpaired) electrons. The highest BCUT2D eigenvalue weighted by atomic mass is 79.9. The van der Waals surface area contributed by atoms with Crippen LogP contribution in [0.4, 0.5) is 10.5 Å². The summed E-state index contributed by atoms with van der Waals surface area (Å²) >= 11 is 3.37. The maximum atomic E-state index is 12.7. The molecule has 0 aliphatic heterocycles. The van der Waals surface area contributed by atoms with Crippen LogP contribution in [0.2, 0.25) is 0 Å². The van der Waals surface area contributed by atoms with E-state index in [-0.39, 0.29) is 24.0 Å². The van der Waals surface area contributed by atoms with Gasteiger partial charge in [0.2, 0.25) is 0 Å². The monoisotopic (exact) mass is 536 g/mol. The molecule has 3 N–H and O–H groups in total. The molecular weight excluding hydrogens is 512 g/mol. The van der Waals surface area contributed by atoms with Crippen LogP contribution in [-0.2, 0) is 9.53 Å². The maximum Gasteiger partial charge on any atom is 0.411 e. The smallest absolute Gasteiger partial charge is 0.411 e. The molecule has 1 atom stereocenters. The Bertz CT molecular complexity index is 1240. The topological polar surface area (TPSA) is 105 Å². The second-order valence-corrected chi connectivity index (χ2v) is 9.53. The number of hydrogen-bond acceptors (Lipinski definition) is 4. The molecule has 7 nitrogen and oxygen atoms in total. The minimum Gasteiger partial charge on any atom is -0.480 e. The summed E-state index contributed by atoms with van der Waals surface area (Å²) < 4.78 is 6.13. The lowest BCUT2D eigenvalue weighted by atomic mass is 9.98. The Kier molecular flexibility index (Phi) is 7.21. The second kappa shape index (κ2) is 10.3. The fraction of sp³-hybridized carbons (Fsp3) is 0.222. The summed E-state index contributed by atoms with van der Waals surface area (Å²) in [6.07, 6.45) is -0.657. The van der Waals surface area contributed by atoms with Crippen molar-refractivity contribution in [2.75, 3.05) is 11.9 Å². The van der Waals surface area contributed by atoms with Crippen molar-refractivity contribution in [3.8, 4) is 11.1 Å². The zero-order chi connectivity index (χ0) is 25.1. The van der Waals surface area contributed by atoms with Crippen LogP contribution in [0, 0.1) is 5.92 Å². The number of ether oxygens (including phenoxy) is 1. The Morgan fingerprint density at radius 1 is 0.971 bits per heavy atom. The van der Waals surface area contributed by atoms with Crippen molar-refractivity contribution in [3.63, 3.8) is 0 Å². The lowest BCUT2D eigenvalue weighted by molar-refractivity contribution is -0.140. The van der Waals surface area contributed by atoms with Crippen molar-refractivity contribution in [3.05, 3.63) is 87.9 Å². The van der Waals surface area contributed by atoms with Gasteiger partial charge in [-0.3, -0.25) is 10.1 Å². The summed E-state index contributed by atoms with van der Waals surface area (Å²) in [6, 6.07) is 19.7. The van der Waals surface area contributed by atoms with Crippen molar-refractivity contribution in [1.82, 2.24) is 5.32 Å². The van der Waals surface area contributed by atoms with E-state index in [2.05, 4.69) is 38.7 Å². The SMILES string of the molecule is CC(C)C(NC(=O)c1ccc(Br)c(NC(=O)OCC2c3ccccc3-c3ccccc32)c1)C(=O)O. The molecule has 0 spiro atoms. The first kappa shape index (κ1) is 24.5. The van der Waals surface area contributed by atoms with Crippen LogP contribution in [0.25, 0.3) is 11.1 Å². The van der Waals surface area contributed by atoms with Gasteiger partial charge in [-0.05, 0) is 62.3 Å². The van der Waals surface area contributed by atoms with Gasteiger partial charge in [0.15, 0.2) is 0 Å². The first-order valence-corrected chi connectivity index (χ1v) is 12.0. The first-order chi connectivity index (χ1) is 16.8. The molecule has 0 saturated carbocycles. The van der Waals surface area contributed by atoms with Crippen LogP contribution in [0.5, 0.6) is 0 Å². The van der Waals surface area contributed by atoms with Crippen molar-refractivity contribution in [2.45, 2.75) is 25.8 Å². The Balaban J connectivity index is 1.45. The molecule has 35 heavy (non-hydrogen) atoms. The van der Waals surface area contributed by atoms with E-state index in [1.165, 1.54) is 6.07 Å². The van der Waals surface area contributed by atoms with E-state index >= 15 is 0 Å². The predicted octanol–water partition coefficient (Wildman–Crippen LogP) is 5.65. The van der Waals surface area contributed by atoms with E-state index in [1.807, 2.05) is 36.4 Å². The highest BCUT2D eigenvalue weighted by Gasteiger charge is 2.29. The number of carbonyl (C=O) groups excluding carboxylic acids is 2. The zero-order valence-corrected chi connectivity index (χ0v) is 20.8. The first-order valence-electron chi connectivity index (χ1n) is 11.2. The molecular formula is C27H25BrN2O5. The van der Waals surface area contributed by atoms with E-state index in [0.29, 0.717) is 10.2 Å². The van der Waals surface area contributed by atoms with Crippen LogP contribution in [0.3, 0.4) is 0 Å². The van der Waals surface area contributed by atoms with E-state index < -0.39 is 24.0 Å². The molecule has 0 saturated heterocycles. The zero-order valence-electron chi connectivity index (χ0n) is 19.2. The summed E-state index contributed by atoms with van der Waals surface area (Å²) in [5, 5.41) is 14.5. The number of carboxylic acid groups (broad SMARTS) is 1. The van der Waals surface area contributed by atoms with Crippen LogP contribution < -0.4 is 10.6 Å². The Morgan fingerprint density at radius 2 is 1.57 bits per heavy atom. The highest BCUT2D eigenvalue weighted by Crippen LogP contribution is 2.44. The van der Waals surface area contributed by atoms with E-state index in [9.17, 15) is 19.5 Å². The molecule has 0 aromatic heterocycles. The molecule has 0 heterocycles. The number of aliphatic carboxylic acids is 1. The van der Waals surface area contributed by atoms with Gasteiger partial charge in [0.25, 0.3) is 5.91 Å². The number of anilines is 1. The van der Waals surface area contributed by atoms with Gasteiger partial charge in [-0.15, -0.1) is 0 Å². The number of carbonyl (C=O) groups is 3. The molecule has 1 unspecified atom stereocenters. The third-order valence-electron chi connectivity index (χ3n) is 6.03. The van der Waals surface area contributed by atoms with Crippen LogP contribution in [0.15, 0.2) is 71.2 Å².